The molecule has 4 heteroatoms. The Morgan fingerprint density at radius 3 is 2.00 bits per heavy atom. The molecule has 0 amide bonds. The summed E-state index contributed by atoms with van der Waals surface area (Å²) in [5.74, 6) is -0.133. The molecule has 0 aromatic heterocycles. The molecule has 22 heavy (non-hydrogen) atoms. The van der Waals surface area contributed by atoms with Gasteiger partial charge in [0.05, 0.1) is 5.56 Å². The second-order valence-corrected chi connectivity index (χ2v) is 4.54. The molecular formula is C18H18O4. The van der Waals surface area contributed by atoms with E-state index in [0.717, 1.165) is 11.8 Å². The molecule has 2 aromatic carbocycles. The van der Waals surface area contributed by atoms with Crippen LogP contribution in [0.25, 0.3) is 0 Å². The van der Waals surface area contributed by atoms with Gasteiger partial charge in [-0.3, -0.25) is 14.4 Å². The summed E-state index contributed by atoms with van der Waals surface area (Å²) < 4.78 is 5.58. The Bertz CT molecular complexity index is 621. The van der Waals surface area contributed by atoms with Crippen molar-refractivity contribution in [3.8, 4) is 5.75 Å². The Hall–Kier alpha value is -2.75. The van der Waals surface area contributed by atoms with Gasteiger partial charge in [0.25, 0.3) is 0 Å². The SMILES string of the molecule is CC(=O)C(C)=O.O=Cc1ccccc1OCc1ccccc1. The van der Waals surface area contributed by atoms with Crippen molar-refractivity contribution < 1.29 is 19.1 Å². The first-order chi connectivity index (χ1) is 10.5. The zero-order valence-corrected chi connectivity index (χ0v) is 12.6. The first kappa shape index (κ1) is 17.3. The van der Waals surface area contributed by atoms with E-state index in [0.29, 0.717) is 17.9 Å². The van der Waals surface area contributed by atoms with Crippen molar-refractivity contribution in [2.45, 2.75) is 20.5 Å². The third-order valence-electron chi connectivity index (χ3n) is 2.78. The molecule has 2 rings (SSSR count). The second kappa shape index (κ2) is 9.23. The first-order valence-corrected chi connectivity index (χ1v) is 6.77. The Labute approximate surface area is 129 Å². The van der Waals surface area contributed by atoms with Crippen molar-refractivity contribution in [2.75, 3.05) is 0 Å². The monoisotopic (exact) mass is 298 g/mol. The highest BCUT2D eigenvalue weighted by Crippen LogP contribution is 2.17. The van der Waals surface area contributed by atoms with E-state index in [1.54, 1.807) is 12.1 Å². The van der Waals surface area contributed by atoms with Crippen molar-refractivity contribution in [1.29, 1.82) is 0 Å². The molecule has 114 valence electrons. The summed E-state index contributed by atoms with van der Waals surface area (Å²) in [6, 6.07) is 17.1. The molecule has 4 nitrogen and oxygen atoms in total. The maximum absolute atomic E-state index is 10.8. The molecule has 0 bridgehead atoms. The zero-order chi connectivity index (χ0) is 16.4. The summed E-state index contributed by atoms with van der Waals surface area (Å²) >= 11 is 0. The van der Waals surface area contributed by atoms with E-state index in [1.807, 2.05) is 42.5 Å². The average Bonchev–Trinajstić information content (AvgIpc) is 2.54. The number of hydrogen-bond donors (Lipinski definition) is 0. The zero-order valence-electron chi connectivity index (χ0n) is 12.6. The third kappa shape index (κ3) is 6.13. The van der Waals surface area contributed by atoms with Crippen LogP contribution in [0, 0.1) is 0 Å². The van der Waals surface area contributed by atoms with Crippen molar-refractivity contribution >= 4 is 17.9 Å². The molecule has 0 spiro atoms. The number of carbonyl (C=O) groups excluding carboxylic acids is 3. The normalized spacial score (nSPS) is 9.18. The van der Waals surface area contributed by atoms with Crippen LogP contribution in [0.4, 0.5) is 0 Å². The smallest absolute Gasteiger partial charge is 0.195 e. The van der Waals surface area contributed by atoms with E-state index in [2.05, 4.69) is 0 Å². The summed E-state index contributed by atoms with van der Waals surface area (Å²) in [6.45, 7) is 2.98. The molecule has 0 aliphatic heterocycles. The van der Waals surface area contributed by atoms with Gasteiger partial charge in [-0.25, -0.2) is 0 Å². The van der Waals surface area contributed by atoms with Crippen LogP contribution in [0.5, 0.6) is 5.75 Å². The molecule has 0 saturated carbocycles. The van der Waals surface area contributed by atoms with Crippen molar-refractivity contribution in [2.24, 2.45) is 0 Å². The Morgan fingerprint density at radius 1 is 0.909 bits per heavy atom. The van der Waals surface area contributed by atoms with Gasteiger partial charge in [-0.2, -0.15) is 0 Å². The maximum atomic E-state index is 10.8. The molecule has 0 unspecified atom stereocenters. The fourth-order valence-electron chi connectivity index (χ4n) is 1.44. The molecule has 0 aliphatic rings. The number of para-hydroxylation sites is 1. The molecular weight excluding hydrogens is 280 g/mol. The quantitative estimate of drug-likeness (QED) is 0.628. The van der Waals surface area contributed by atoms with E-state index < -0.39 is 0 Å². The summed E-state index contributed by atoms with van der Waals surface area (Å²) in [4.78, 5) is 30.3. The lowest BCUT2D eigenvalue weighted by Crippen LogP contribution is -2.01. The van der Waals surface area contributed by atoms with Gasteiger partial charge in [0, 0.05) is 13.8 Å². The third-order valence-corrected chi connectivity index (χ3v) is 2.78. The van der Waals surface area contributed by atoms with E-state index in [4.69, 9.17) is 4.74 Å². The van der Waals surface area contributed by atoms with Crippen molar-refractivity contribution in [3.63, 3.8) is 0 Å². The van der Waals surface area contributed by atoms with Gasteiger partial charge in [0.2, 0.25) is 0 Å². The van der Waals surface area contributed by atoms with Gasteiger partial charge >= 0.3 is 0 Å². The van der Waals surface area contributed by atoms with Crippen LogP contribution < -0.4 is 4.74 Å². The predicted octanol–water partition coefficient (Wildman–Crippen LogP) is 3.24. The Kier molecular flexibility index (Phi) is 7.26. The predicted molar refractivity (Wildman–Crippen MR) is 84.0 cm³/mol. The highest BCUT2D eigenvalue weighted by Gasteiger charge is 2.01. The minimum atomic E-state index is -0.380. The van der Waals surface area contributed by atoms with Crippen molar-refractivity contribution in [1.82, 2.24) is 0 Å². The number of hydrogen-bond acceptors (Lipinski definition) is 4. The van der Waals surface area contributed by atoms with Crippen LogP contribution >= 0.6 is 0 Å². The summed E-state index contributed by atoms with van der Waals surface area (Å²) in [6.07, 6.45) is 0.806. The molecule has 0 radical (unpaired) electrons. The van der Waals surface area contributed by atoms with Crippen LogP contribution in [0.2, 0.25) is 0 Å². The highest BCUT2D eigenvalue weighted by molar-refractivity contribution is 6.35. The molecule has 0 fully saturated rings. The Morgan fingerprint density at radius 2 is 1.45 bits per heavy atom. The topological polar surface area (TPSA) is 60.4 Å². The largest absolute Gasteiger partial charge is 0.488 e. The Balaban J connectivity index is 0.000000346. The summed E-state index contributed by atoms with van der Waals surface area (Å²) in [5, 5.41) is 0. The minimum Gasteiger partial charge on any atom is -0.488 e. The molecule has 0 aliphatic carbocycles. The van der Waals surface area contributed by atoms with Gasteiger partial charge in [-0.15, -0.1) is 0 Å². The summed E-state index contributed by atoms with van der Waals surface area (Å²) in [7, 11) is 0. The second-order valence-electron chi connectivity index (χ2n) is 4.54. The fourth-order valence-corrected chi connectivity index (χ4v) is 1.44. The van der Waals surface area contributed by atoms with Gasteiger partial charge in [-0.1, -0.05) is 42.5 Å². The van der Waals surface area contributed by atoms with Gasteiger partial charge in [0.1, 0.15) is 12.4 Å². The maximum Gasteiger partial charge on any atom is 0.195 e. The summed E-state index contributed by atoms with van der Waals surface area (Å²) in [5.41, 5.74) is 1.67. The molecule has 2 aromatic rings. The number of ether oxygens (including phenoxy) is 1. The van der Waals surface area contributed by atoms with Crippen LogP contribution in [-0.2, 0) is 16.2 Å². The average molecular weight is 298 g/mol. The van der Waals surface area contributed by atoms with Crippen LogP contribution in [-0.4, -0.2) is 17.9 Å². The van der Waals surface area contributed by atoms with Crippen LogP contribution in [0.1, 0.15) is 29.8 Å². The van der Waals surface area contributed by atoms with Crippen molar-refractivity contribution in [3.05, 3.63) is 65.7 Å². The lowest BCUT2D eigenvalue weighted by molar-refractivity contribution is -0.134. The first-order valence-electron chi connectivity index (χ1n) is 6.77. The number of aldehydes is 1. The fraction of sp³-hybridized carbons (Fsp3) is 0.167. The standard InChI is InChI=1S/C14H12O2.C4H6O2/c15-10-13-8-4-5-9-14(13)16-11-12-6-2-1-3-7-12;1-3(5)4(2)6/h1-10H,11H2;1-2H3. The van der Waals surface area contributed by atoms with E-state index in [9.17, 15) is 14.4 Å². The number of carbonyl (C=O) groups is 3. The molecule has 0 heterocycles. The molecule has 0 N–H and O–H groups in total. The van der Waals surface area contributed by atoms with E-state index in [1.165, 1.54) is 13.8 Å². The van der Waals surface area contributed by atoms with E-state index in [-0.39, 0.29) is 11.6 Å². The lowest BCUT2D eigenvalue weighted by atomic mass is 10.2. The van der Waals surface area contributed by atoms with Crippen LogP contribution in [0.15, 0.2) is 54.6 Å². The molecule has 0 saturated heterocycles. The number of rotatable bonds is 5. The van der Waals surface area contributed by atoms with Crippen LogP contribution in [0.3, 0.4) is 0 Å². The van der Waals surface area contributed by atoms with Gasteiger partial charge < -0.3 is 4.74 Å². The lowest BCUT2D eigenvalue weighted by Gasteiger charge is -2.07. The molecule has 0 atom stereocenters. The number of benzene rings is 2. The number of ketones is 2. The highest BCUT2D eigenvalue weighted by atomic mass is 16.5. The number of Topliss-reactive ketones (excluding diaryl/α,β-unsaturated/α-hetero) is 2. The van der Waals surface area contributed by atoms with Gasteiger partial charge in [-0.05, 0) is 17.7 Å². The minimum absolute atomic E-state index is 0.380. The van der Waals surface area contributed by atoms with Gasteiger partial charge in [0.15, 0.2) is 17.9 Å². The van der Waals surface area contributed by atoms with E-state index >= 15 is 0 Å².